The van der Waals surface area contributed by atoms with Gasteiger partial charge in [0.25, 0.3) is 0 Å². The first-order valence-electron chi connectivity index (χ1n) is 12.2. The Kier molecular flexibility index (Phi) is 4.98. The maximum absolute atomic E-state index is 12.7. The van der Waals surface area contributed by atoms with Crippen LogP contribution >= 0.6 is 0 Å². The molecule has 0 aromatic heterocycles. The zero-order valence-electron chi connectivity index (χ0n) is 18.2. The molecule has 3 heterocycles. The van der Waals surface area contributed by atoms with Gasteiger partial charge in [-0.2, -0.15) is 0 Å². The van der Waals surface area contributed by atoms with E-state index in [0.717, 1.165) is 57.7 Å². The molecule has 2 aliphatic carbocycles. The standard InChI is InChI=1S/C27H32N2O2/c30-27(31-26-17-29-14-12-21(26)13-15-29)28-25-3-1-2-23-16-22(10-11-24(23)25)20-8-6-19(7-9-20)18-4-5-18/h6-11,16,18,21,25-26H,1-5,12-15,17H2,(H,28,30)/t25?,26-/m1/s1. The van der Waals surface area contributed by atoms with Crippen LogP contribution in [0, 0.1) is 5.92 Å². The molecule has 0 spiro atoms. The first-order chi connectivity index (χ1) is 15.2. The second-order valence-electron chi connectivity index (χ2n) is 9.98. The summed E-state index contributed by atoms with van der Waals surface area (Å²) >= 11 is 0. The maximum atomic E-state index is 12.7. The average molecular weight is 417 g/mol. The van der Waals surface area contributed by atoms with E-state index in [1.165, 1.54) is 40.7 Å². The third-order valence-corrected chi connectivity index (χ3v) is 7.90. The second-order valence-corrected chi connectivity index (χ2v) is 9.98. The van der Waals surface area contributed by atoms with Crippen molar-refractivity contribution < 1.29 is 9.53 Å². The molecule has 1 unspecified atom stereocenters. The summed E-state index contributed by atoms with van der Waals surface area (Å²) in [5.74, 6) is 1.34. The molecule has 3 aliphatic heterocycles. The van der Waals surface area contributed by atoms with Crippen LogP contribution in [0.3, 0.4) is 0 Å². The lowest BCUT2D eigenvalue weighted by Crippen LogP contribution is -2.52. The summed E-state index contributed by atoms with van der Waals surface area (Å²) in [6, 6.07) is 15.9. The van der Waals surface area contributed by atoms with Gasteiger partial charge in [-0.25, -0.2) is 4.79 Å². The van der Waals surface area contributed by atoms with E-state index in [1.54, 1.807) is 0 Å². The number of piperidine rings is 3. The van der Waals surface area contributed by atoms with Gasteiger partial charge in [0.1, 0.15) is 6.10 Å². The van der Waals surface area contributed by atoms with Crippen molar-refractivity contribution in [2.45, 2.75) is 63.0 Å². The number of hydrogen-bond acceptors (Lipinski definition) is 3. The monoisotopic (exact) mass is 416 g/mol. The molecule has 4 fully saturated rings. The minimum atomic E-state index is -0.239. The average Bonchev–Trinajstić information content (AvgIpc) is 3.65. The lowest BCUT2D eigenvalue weighted by Gasteiger charge is -2.44. The van der Waals surface area contributed by atoms with Gasteiger partial charge in [-0.15, -0.1) is 0 Å². The van der Waals surface area contributed by atoms with Crippen molar-refractivity contribution in [3.05, 3.63) is 59.2 Å². The Morgan fingerprint density at radius 1 is 0.935 bits per heavy atom. The lowest BCUT2D eigenvalue weighted by atomic mass is 9.85. The van der Waals surface area contributed by atoms with Crippen LogP contribution in [-0.4, -0.2) is 36.7 Å². The van der Waals surface area contributed by atoms with Crippen molar-refractivity contribution in [1.82, 2.24) is 10.2 Å². The van der Waals surface area contributed by atoms with Crippen LogP contribution < -0.4 is 5.32 Å². The van der Waals surface area contributed by atoms with Gasteiger partial charge in [-0.05, 0) is 97.7 Å². The maximum Gasteiger partial charge on any atom is 0.407 e. The van der Waals surface area contributed by atoms with Crippen LogP contribution in [0.1, 0.15) is 67.2 Å². The van der Waals surface area contributed by atoms with Crippen LogP contribution in [0.25, 0.3) is 11.1 Å². The SMILES string of the molecule is O=C(NC1CCCc2cc(-c3ccc(C4CC4)cc3)ccc21)O[C@@H]1CN2CCC1CC2. The van der Waals surface area contributed by atoms with E-state index in [4.69, 9.17) is 4.74 Å². The van der Waals surface area contributed by atoms with E-state index in [0.29, 0.717) is 5.92 Å². The molecule has 162 valence electrons. The molecule has 2 aromatic rings. The minimum absolute atomic E-state index is 0.0589. The molecule has 1 saturated carbocycles. The highest BCUT2D eigenvalue weighted by Gasteiger charge is 2.37. The Labute approximate surface area is 185 Å². The molecular formula is C27H32N2O2. The second kappa shape index (κ2) is 7.98. The van der Waals surface area contributed by atoms with Crippen molar-refractivity contribution in [2.75, 3.05) is 19.6 Å². The van der Waals surface area contributed by atoms with Crippen LogP contribution in [-0.2, 0) is 11.2 Å². The Morgan fingerprint density at radius 3 is 2.42 bits per heavy atom. The zero-order chi connectivity index (χ0) is 20.8. The fraction of sp³-hybridized carbons (Fsp3) is 0.519. The van der Waals surface area contributed by atoms with E-state index >= 15 is 0 Å². The minimum Gasteiger partial charge on any atom is -0.445 e. The highest BCUT2D eigenvalue weighted by atomic mass is 16.6. The number of alkyl carbamates (subject to hydrolysis) is 1. The number of fused-ring (bicyclic) bond motifs is 4. The number of rotatable bonds is 4. The number of carbonyl (C=O) groups excluding carboxylic acids is 1. The van der Waals surface area contributed by atoms with Gasteiger partial charge >= 0.3 is 6.09 Å². The molecule has 3 saturated heterocycles. The highest BCUT2D eigenvalue weighted by molar-refractivity contribution is 5.69. The number of aryl methyl sites for hydroxylation is 1. The third kappa shape index (κ3) is 3.98. The molecular weight excluding hydrogens is 384 g/mol. The summed E-state index contributed by atoms with van der Waals surface area (Å²) in [6.07, 6.45) is 7.99. The fourth-order valence-corrected chi connectivity index (χ4v) is 5.87. The summed E-state index contributed by atoms with van der Waals surface area (Å²) in [5.41, 5.74) is 6.66. The molecule has 0 radical (unpaired) electrons. The largest absolute Gasteiger partial charge is 0.445 e. The van der Waals surface area contributed by atoms with E-state index in [2.05, 4.69) is 52.7 Å². The first kappa shape index (κ1) is 19.4. The summed E-state index contributed by atoms with van der Waals surface area (Å²) in [5, 5.41) is 3.19. The molecule has 4 nitrogen and oxygen atoms in total. The number of nitrogens with zero attached hydrogens (tertiary/aromatic N) is 1. The smallest absolute Gasteiger partial charge is 0.407 e. The van der Waals surface area contributed by atoms with E-state index < -0.39 is 0 Å². The first-order valence-corrected chi connectivity index (χ1v) is 12.2. The molecule has 1 amide bonds. The fourth-order valence-electron chi connectivity index (χ4n) is 5.87. The lowest BCUT2D eigenvalue weighted by molar-refractivity contribution is -0.0340. The van der Waals surface area contributed by atoms with Gasteiger partial charge < -0.3 is 10.1 Å². The van der Waals surface area contributed by atoms with E-state index in [-0.39, 0.29) is 18.2 Å². The summed E-state index contributed by atoms with van der Waals surface area (Å²) in [7, 11) is 0. The van der Waals surface area contributed by atoms with Gasteiger partial charge in [0, 0.05) is 6.54 Å². The molecule has 2 bridgehead atoms. The molecule has 31 heavy (non-hydrogen) atoms. The van der Waals surface area contributed by atoms with Gasteiger partial charge in [0.05, 0.1) is 6.04 Å². The molecule has 4 heteroatoms. The number of benzene rings is 2. The predicted octanol–water partition coefficient (Wildman–Crippen LogP) is 5.43. The van der Waals surface area contributed by atoms with E-state index in [1.807, 2.05) is 0 Å². The summed E-state index contributed by atoms with van der Waals surface area (Å²) < 4.78 is 5.88. The molecule has 2 aromatic carbocycles. The number of amides is 1. The topological polar surface area (TPSA) is 41.6 Å². The third-order valence-electron chi connectivity index (χ3n) is 7.90. The summed E-state index contributed by atoms with van der Waals surface area (Å²) in [6.45, 7) is 3.23. The van der Waals surface area contributed by atoms with Crippen molar-refractivity contribution >= 4 is 6.09 Å². The van der Waals surface area contributed by atoms with Crippen LogP contribution in [0.4, 0.5) is 4.79 Å². The van der Waals surface area contributed by atoms with E-state index in [9.17, 15) is 4.79 Å². The quantitative estimate of drug-likeness (QED) is 0.723. The van der Waals surface area contributed by atoms with Crippen molar-refractivity contribution in [3.8, 4) is 11.1 Å². The Balaban J connectivity index is 1.14. The summed E-state index contributed by atoms with van der Waals surface area (Å²) in [4.78, 5) is 15.1. The van der Waals surface area contributed by atoms with Gasteiger partial charge in [0.15, 0.2) is 0 Å². The highest BCUT2D eigenvalue weighted by Crippen LogP contribution is 2.41. The van der Waals surface area contributed by atoms with Crippen molar-refractivity contribution in [1.29, 1.82) is 0 Å². The van der Waals surface area contributed by atoms with Gasteiger partial charge in [-0.3, -0.25) is 4.90 Å². The normalized spacial score (nSPS) is 29.3. The van der Waals surface area contributed by atoms with Crippen LogP contribution in [0.2, 0.25) is 0 Å². The zero-order valence-corrected chi connectivity index (χ0v) is 18.2. The number of hydrogen-bond donors (Lipinski definition) is 1. The van der Waals surface area contributed by atoms with Crippen LogP contribution in [0.5, 0.6) is 0 Å². The Hall–Kier alpha value is -2.33. The number of ether oxygens (including phenoxy) is 1. The Bertz CT molecular complexity index is 958. The molecule has 2 atom stereocenters. The predicted molar refractivity (Wildman–Crippen MR) is 122 cm³/mol. The Morgan fingerprint density at radius 2 is 1.71 bits per heavy atom. The van der Waals surface area contributed by atoms with Gasteiger partial charge in [-0.1, -0.05) is 42.5 Å². The molecule has 7 rings (SSSR count). The van der Waals surface area contributed by atoms with Crippen molar-refractivity contribution in [3.63, 3.8) is 0 Å². The van der Waals surface area contributed by atoms with Gasteiger partial charge in [0.2, 0.25) is 0 Å². The molecule has 1 N–H and O–H groups in total. The number of carbonyl (C=O) groups is 1. The molecule has 5 aliphatic rings. The van der Waals surface area contributed by atoms with Crippen LogP contribution in [0.15, 0.2) is 42.5 Å². The number of nitrogens with one attached hydrogen (secondary N) is 1. The van der Waals surface area contributed by atoms with Crippen molar-refractivity contribution in [2.24, 2.45) is 5.92 Å².